The maximum Gasteiger partial charge on any atom is 0.228 e. The fourth-order valence-corrected chi connectivity index (χ4v) is 2.32. The Morgan fingerprint density at radius 3 is 2.82 bits per heavy atom. The van der Waals surface area contributed by atoms with Crippen LogP contribution in [0.25, 0.3) is 0 Å². The minimum Gasteiger partial charge on any atom is -0.486 e. The van der Waals surface area contributed by atoms with Crippen molar-refractivity contribution in [3.63, 3.8) is 0 Å². The van der Waals surface area contributed by atoms with Crippen molar-refractivity contribution in [1.29, 1.82) is 0 Å². The van der Waals surface area contributed by atoms with Crippen molar-refractivity contribution in [2.45, 2.75) is 20.0 Å². The molecule has 22 heavy (non-hydrogen) atoms. The molecule has 6 nitrogen and oxygen atoms in total. The second-order valence-electron chi connectivity index (χ2n) is 4.24. The molecule has 0 saturated heterocycles. The molecule has 0 unspecified atom stereocenters. The van der Waals surface area contributed by atoms with Gasteiger partial charge < -0.3 is 14.8 Å². The summed E-state index contributed by atoms with van der Waals surface area (Å²) >= 11 is 7.08. The number of rotatable bonds is 8. The molecule has 0 spiro atoms. The molecule has 1 N–H and O–H groups in total. The normalized spacial score (nSPS) is 10.5. The van der Waals surface area contributed by atoms with Crippen LogP contribution in [0.3, 0.4) is 0 Å². The lowest BCUT2D eigenvalue weighted by Gasteiger charge is -2.03. The van der Waals surface area contributed by atoms with E-state index >= 15 is 0 Å². The van der Waals surface area contributed by atoms with E-state index in [0.717, 1.165) is 0 Å². The van der Waals surface area contributed by atoms with Crippen molar-refractivity contribution in [1.82, 2.24) is 10.2 Å². The summed E-state index contributed by atoms with van der Waals surface area (Å²) in [5, 5.41) is 12.3. The van der Waals surface area contributed by atoms with Gasteiger partial charge in [-0.1, -0.05) is 22.9 Å². The summed E-state index contributed by atoms with van der Waals surface area (Å²) in [6.07, 6.45) is 0.296. The molecule has 1 aromatic heterocycles. The third-order valence-corrected chi connectivity index (χ3v) is 3.63. The molecule has 2 rings (SSSR count). The number of carbonyl (C=O) groups excluding carboxylic acids is 1. The quantitative estimate of drug-likeness (QED) is 0.747. The number of ether oxygens (including phenoxy) is 2. The molecule has 1 aromatic carbocycles. The van der Waals surface area contributed by atoms with Crippen molar-refractivity contribution in [3.8, 4) is 5.75 Å². The maximum atomic E-state index is 11.6. The molecule has 118 valence electrons. The van der Waals surface area contributed by atoms with Crippen LogP contribution < -0.4 is 10.1 Å². The van der Waals surface area contributed by atoms with Gasteiger partial charge in [-0.3, -0.25) is 4.79 Å². The summed E-state index contributed by atoms with van der Waals surface area (Å²) in [4.78, 5) is 11.6. The van der Waals surface area contributed by atoms with E-state index in [1.807, 2.05) is 6.92 Å². The third kappa shape index (κ3) is 5.59. The van der Waals surface area contributed by atoms with Crippen LogP contribution in [0.4, 0.5) is 5.13 Å². The largest absolute Gasteiger partial charge is 0.486 e. The number of benzene rings is 1. The topological polar surface area (TPSA) is 73.3 Å². The van der Waals surface area contributed by atoms with Crippen molar-refractivity contribution in [2.24, 2.45) is 0 Å². The molecule has 0 atom stereocenters. The Kier molecular flexibility index (Phi) is 6.57. The number of hydrogen-bond donors (Lipinski definition) is 1. The number of nitrogens with zero attached hydrogens (tertiary/aromatic N) is 2. The van der Waals surface area contributed by atoms with E-state index in [1.165, 1.54) is 11.3 Å². The highest BCUT2D eigenvalue weighted by Crippen LogP contribution is 2.20. The van der Waals surface area contributed by atoms with Crippen LogP contribution in [-0.2, 0) is 16.1 Å². The standard InChI is InChI=1S/C14H16ClN3O3S/c1-2-20-8-7-12(19)16-14-18-17-13(22-14)9-21-11-5-3-10(15)4-6-11/h3-6H,2,7-9H2,1H3,(H,16,18,19). The summed E-state index contributed by atoms with van der Waals surface area (Å²) < 4.78 is 10.7. The minimum atomic E-state index is -0.144. The van der Waals surface area contributed by atoms with E-state index in [2.05, 4.69) is 15.5 Å². The fourth-order valence-electron chi connectivity index (χ4n) is 1.53. The van der Waals surface area contributed by atoms with Crippen LogP contribution in [0.5, 0.6) is 5.75 Å². The summed E-state index contributed by atoms with van der Waals surface area (Å²) in [6, 6.07) is 7.06. The predicted molar refractivity (Wildman–Crippen MR) is 85.4 cm³/mol. The van der Waals surface area contributed by atoms with Gasteiger partial charge in [-0.25, -0.2) is 0 Å². The van der Waals surface area contributed by atoms with E-state index in [0.29, 0.717) is 40.5 Å². The smallest absolute Gasteiger partial charge is 0.228 e. The maximum absolute atomic E-state index is 11.6. The van der Waals surface area contributed by atoms with Gasteiger partial charge in [0.15, 0.2) is 5.01 Å². The molecule has 0 fully saturated rings. The number of carbonyl (C=O) groups is 1. The summed E-state index contributed by atoms with van der Waals surface area (Å²) in [7, 11) is 0. The van der Waals surface area contributed by atoms with Crippen molar-refractivity contribution >= 4 is 34.0 Å². The predicted octanol–water partition coefficient (Wildman–Crippen LogP) is 3.14. The van der Waals surface area contributed by atoms with Gasteiger partial charge in [-0.15, -0.1) is 10.2 Å². The molecular formula is C14H16ClN3O3S. The highest BCUT2D eigenvalue weighted by atomic mass is 35.5. The molecule has 0 bridgehead atoms. The van der Waals surface area contributed by atoms with E-state index in [4.69, 9.17) is 21.1 Å². The first-order valence-corrected chi connectivity index (χ1v) is 7.95. The van der Waals surface area contributed by atoms with Crippen LogP contribution in [-0.4, -0.2) is 29.3 Å². The molecule has 0 saturated carbocycles. The first-order chi connectivity index (χ1) is 10.7. The Balaban J connectivity index is 1.78. The van der Waals surface area contributed by atoms with Crippen LogP contribution in [0.2, 0.25) is 5.02 Å². The number of aromatic nitrogens is 2. The first kappa shape index (κ1) is 16.7. The molecule has 1 heterocycles. The van der Waals surface area contributed by atoms with Crippen LogP contribution >= 0.6 is 22.9 Å². The Labute approximate surface area is 137 Å². The zero-order chi connectivity index (χ0) is 15.8. The monoisotopic (exact) mass is 341 g/mol. The van der Waals surface area contributed by atoms with Crippen LogP contribution in [0.15, 0.2) is 24.3 Å². The highest BCUT2D eigenvalue weighted by Gasteiger charge is 2.08. The van der Waals surface area contributed by atoms with E-state index in [1.54, 1.807) is 24.3 Å². The average molecular weight is 342 g/mol. The molecule has 2 aromatic rings. The Bertz CT molecular complexity index is 604. The van der Waals surface area contributed by atoms with Gasteiger partial charge in [0.05, 0.1) is 13.0 Å². The minimum absolute atomic E-state index is 0.144. The number of amides is 1. The fraction of sp³-hybridized carbons (Fsp3) is 0.357. The number of halogens is 1. The van der Waals surface area contributed by atoms with Gasteiger partial charge >= 0.3 is 0 Å². The van der Waals surface area contributed by atoms with Gasteiger partial charge in [-0.05, 0) is 31.2 Å². The SMILES string of the molecule is CCOCCC(=O)Nc1nnc(COc2ccc(Cl)cc2)s1. The highest BCUT2D eigenvalue weighted by molar-refractivity contribution is 7.15. The Morgan fingerprint density at radius 2 is 2.09 bits per heavy atom. The van der Waals surface area contributed by atoms with Crippen LogP contribution in [0.1, 0.15) is 18.4 Å². The number of hydrogen-bond acceptors (Lipinski definition) is 6. The summed E-state index contributed by atoms with van der Waals surface area (Å²) in [5.74, 6) is 0.552. The second kappa shape index (κ2) is 8.67. The number of anilines is 1. The zero-order valence-electron chi connectivity index (χ0n) is 12.0. The molecular weight excluding hydrogens is 326 g/mol. The Hall–Kier alpha value is -1.70. The van der Waals surface area contributed by atoms with Crippen molar-refractivity contribution < 1.29 is 14.3 Å². The average Bonchev–Trinajstić information content (AvgIpc) is 2.94. The molecule has 0 aliphatic carbocycles. The van der Waals surface area contributed by atoms with Gasteiger partial charge in [-0.2, -0.15) is 0 Å². The van der Waals surface area contributed by atoms with Crippen molar-refractivity contribution in [2.75, 3.05) is 18.5 Å². The van der Waals surface area contributed by atoms with E-state index < -0.39 is 0 Å². The van der Waals surface area contributed by atoms with Gasteiger partial charge in [0.2, 0.25) is 11.0 Å². The van der Waals surface area contributed by atoms with E-state index in [9.17, 15) is 4.79 Å². The van der Waals surface area contributed by atoms with Crippen LogP contribution in [0, 0.1) is 0 Å². The lowest BCUT2D eigenvalue weighted by Crippen LogP contribution is -2.13. The van der Waals surface area contributed by atoms with Crippen molar-refractivity contribution in [3.05, 3.63) is 34.3 Å². The molecule has 8 heteroatoms. The van der Waals surface area contributed by atoms with Gasteiger partial charge in [0, 0.05) is 11.6 Å². The zero-order valence-corrected chi connectivity index (χ0v) is 13.6. The van der Waals surface area contributed by atoms with Gasteiger partial charge in [0.25, 0.3) is 0 Å². The lowest BCUT2D eigenvalue weighted by molar-refractivity contribution is -0.117. The lowest BCUT2D eigenvalue weighted by atomic mass is 10.3. The third-order valence-electron chi connectivity index (χ3n) is 2.57. The number of nitrogens with one attached hydrogen (secondary N) is 1. The summed E-state index contributed by atoms with van der Waals surface area (Å²) in [6.45, 7) is 3.16. The Morgan fingerprint density at radius 1 is 1.32 bits per heavy atom. The summed E-state index contributed by atoms with van der Waals surface area (Å²) in [5.41, 5.74) is 0. The van der Waals surface area contributed by atoms with E-state index in [-0.39, 0.29) is 12.5 Å². The molecule has 1 amide bonds. The second-order valence-corrected chi connectivity index (χ2v) is 5.74. The molecule has 0 aliphatic rings. The van der Waals surface area contributed by atoms with Gasteiger partial charge in [0.1, 0.15) is 12.4 Å². The molecule has 0 radical (unpaired) electrons. The molecule has 0 aliphatic heterocycles. The first-order valence-electron chi connectivity index (χ1n) is 6.75.